The fraction of sp³-hybridized carbons (Fsp3) is 0.889. The Morgan fingerprint density at radius 3 is 2.14 bits per heavy atom. The molecule has 0 amide bonds. The molecule has 0 unspecified atom stereocenters. The molecule has 0 saturated carbocycles. The average Bonchev–Trinajstić information content (AvgIpc) is 1.99. The van der Waals surface area contributed by atoms with E-state index in [1.54, 1.807) is 20.8 Å². The standard InChI is InChI=1S/C9H17F3N2/c1-4-5-14(6-9(10,11)12)8(13)7(2)3/h7,13H,4-6H2,1-3H3. The SMILES string of the molecule is CCCN(CC(F)(F)F)C(=N)C(C)C. The Kier molecular flexibility index (Phi) is 4.94. The van der Waals surface area contributed by atoms with Crippen LogP contribution in [0.5, 0.6) is 0 Å². The largest absolute Gasteiger partial charge is 0.405 e. The molecule has 0 saturated heterocycles. The van der Waals surface area contributed by atoms with E-state index < -0.39 is 12.7 Å². The second kappa shape index (κ2) is 5.22. The molecule has 0 atom stereocenters. The van der Waals surface area contributed by atoms with Gasteiger partial charge in [-0.2, -0.15) is 13.2 Å². The third-order valence-electron chi connectivity index (χ3n) is 1.75. The molecule has 84 valence electrons. The van der Waals surface area contributed by atoms with Gasteiger partial charge in [-0.05, 0) is 6.42 Å². The zero-order valence-electron chi connectivity index (χ0n) is 8.78. The summed E-state index contributed by atoms with van der Waals surface area (Å²) in [5.74, 6) is -0.104. The number of halogens is 3. The van der Waals surface area contributed by atoms with Crippen molar-refractivity contribution in [2.24, 2.45) is 5.92 Å². The van der Waals surface area contributed by atoms with Gasteiger partial charge in [0.05, 0.1) is 5.84 Å². The van der Waals surface area contributed by atoms with E-state index in [9.17, 15) is 13.2 Å². The molecule has 0 aromatic carbocycles. The second-order valence-corrected chi connectivity index (χ2v) is 3.58. The van der Waals surface area contributed by atoms with Crippen LogP contribution in [0.1, 0.15) is 27.2 Å². The number of nitrogens with one attached hydrogen (secondary N) is 1. The Bertz CT molecular complexity index is 187. The van der Waals surface area contributed by atoms with Gasteiger partial charge in [0.15, 0.2) is 0 Å². The molecular formula is C9H17F3N2. The maximum absolute atomic E-state index is 12.1. The molecule has 2 nitrogen and oxygen atoms in total. The number of nitrogens with zero attached hydrogens (tertiary/aromatic N) is 1. The molecule has 0 aliphatic rings. The summed E-state index contributed by atoms with van der Waals surface area (Å²) >= 11 is 0. The minimum absolute atomic E-state index is 0.0594. The number of alkyl halides is 3. The molecule has 0 fully saturated rings. The third-order valence-corrected chi connectivity index (χ3v) is 1.75. The summed E-state index contributed by atoms with van der Waals surface area (Å²) in [6.45, 7) is 4.52. The van der Waals surface area contributed by atoms with Crippen molar-refractivity contribution in [2.75, 3.05) is 13.1 Å². The molecule has 0 aliphatic carbocycles. The van der Waals surface area contributed by atoms with Crippen molar-refractivity contribution in [3.8, 4) is 0 Å². The van der Waals surface area contributed by atoms with Crippen LogP contribution >= 0.6 is 0 Å². The minimum Gasteiger partial charge on any atom is -0.351 e. The van der Waals surface area contributed by atoms with Crippen LogP contribution in [0.4, 0.5) is 13.2 Å². The normalized spacial score (nSPS) is 11.9. The first kappa shape index (κ1) is 13.3. The number of hydrogen-bond acceptors (Lipinski definition) is 1. The van der Waals surface area contributed by atoms with E-state index in [0.717, 1.165) is 4.90 Å². The Morgan fingerprint density at radius 1 is 1.36 bits per heavy atom. The van der Waals surface area contributed by atoms with Crippen LogP contribution in [0.15, 0.2) is 0 Å². The van der Waals surface area contributed by atoms with Crippen LogP contribution in [-0.4, -0.2) is 30.0 Å². The van der Waals surface area contributed by atoms with E-state index in [1.165, 1.54) is 0 Å². The van der Waals surface area contributed by atoms with Gasteiger partial charge in [0.2, 0.25) is 0 Å². The molecular weight excluding hydrogens is 193 g/mol. The van der Waals surface area contributed by atoms with E-state index in [4.69, 9.17) is 5.41 Å². The number of rotatable bonds is 4. The topological polar surface area (TPSA) is 27.1 Å². The molecule has 5 heteroatoms. The molecule has 1 N–H and O–H groups in total. The predicted octanol–water partition coefficient (Wildman–Crippen LogP) is 2.89. The van der Waals surface area contributed by atoms with Crippen molar-refractivity contribution >= 4 is 5.84 Å². The molecule has 14 heavy (non-hydrogen) atoms. The molecule has 0 rings (SSSR count). The van der Waals surface area contributed by atoms with Crippen molar-refractivity contribution in [3.63, 3.8) is 0 Å². The van der Waals surface area contributed by atoms with Crippen LogP contribution in [0.25, 0.3) is 0 Å². The zero-order chi connectivity index (χ0) is 11.4. The van der Waals surface area contributed by atoms with Crippen molar-refractivity contribution in [3.05, 3.63) is 0 Å². The van der Waals surface area contributed by atoms with Gasteiger partial charge in [-0.15, -0.1) is 0 Å². The van der Waals surface area contributed by atoms with E-state index >= 15 is 0 Å². The lowest BCUT2D eigenvalue weighted by atomic mass is 10.1. The Hall–Kier alpha value is -0.740. The van der Waals surface area contributed by atoms with E-state index in [1.807, 2.05) is 0 Å². The van der Waals surface area contributed by atoms with Crippen molar-refractivity contribution in [1.29, 1.82) is 5.41 Å². The van der Waals surface area contributed by atoms with Gasteiger partial charge >= 0.3 is 6.18 Å². The third kappa shape index (κ3) is 5.09. The van der Waals surface area contributed by atoms with E-state index in [-0.39, 0.29) is 18.3 Å². The summed E-state index contributed by atoms with van der Waals surface area (Å²) in [4.78, 5) is 1.09. The Labute approximate surface area is 82.6 Å². The highest BCUT2D eigenvalue weighted by molar-refractivity contribution is 5.81. The maximum atomic E-state index is 12.1. The Morgan fingerprint density at radius 2 is 1.86 bits per heavy atom. The van der Waals surface area contributed by atoms with Gasteiger partial charge in [-0.1, -0.05) is 20.8 Å². The predicted molar refractivity (Wildman–Crippen MR) is 50.5 cm³/mol. The second-order valence-electron chi connectivity index (χ2n) is 3.58. The summed E-state index contributed by atoms with van der Waals surface area (Å²) in [7, 11) is 0. The molecule has 0 spiro atoms. The smallest absolute Gasteiger partial charge is 0.351 e. The van der Waals surface area contributed by atoms with Crippen LogP contribution < -0.4 is 0 Å². The average molecular weight is 210 g/mol. The summed E-state index contributed by atoms with van der Waals surface area (Å²) in [6, 6.07) is 0. The van der Waals surface area contributed by atoms with Crippen molar-refractivity contribution in [1.82, 2.24) is 4.90 Å². The summed E-state index contributed by atoms with van der Waals surface area (Å²) < 4.78 is 36.3. The van der Waals surface area contributed by atoms with Gasteiger partial charge in [0.1, 0.15) is 6.54 Å². The van der Waals surface area contributed by atoms with Crippen molar-refractivity contribution in [2.45, 2.75) is 33.4 Å². The summed E-state index contributed by atoms with van der Waals surface area (Å²) in [5, 5.41) is 7.51. The highest BCUT2D eigenvalue weighted by atomic mass is 19.4. The summed E-state index contributed by atoms with van der Waals surface area (Å²) in [5.41, 5.74) is 0. The van der Waals surface area contributed by atoms with Gasteiger partial charge in [0, 0.05) is 12.5 Å². The van der Waals surface area contributed by atoms with E-state index in [2.05, 4.69) is 0 Å². The lowest BCUT2D eigenvalue weighted by molar-refractivity contribution is -0.138. The molecule has 0 radical (unpaired) electrons. The highest BCUT2D eigenvalue weighted by Crippen LogP contribution is 2.18. The highest BCUT2D eigenvalue weighted by Gasteiger charge is 2.31. The number of amidine groups is 1. The van der Waals surface area contributed by atoms with E-state index in [0.29, 0.717) is 6.42 Å². The first-order valence-corrected chi connectivity index (χ1v) is 4.68. The van der Waals surface area contributed by atoms with Crippen LogP contribution in [-0.2, 0) is 0 Å². The van der Waals surface area contributed by atoms with Gasteiger partial charge in [-0.25, -0.2) is 0 Å². The first-order chi connectivity index (χ1) is 6.28. The maximum Gasteiger partial charge on any atom is 0.405 e. The minimum atomic E-state index is -4.23. The fourth-order valence-corrected chi connectivity index (χ4v) is 1.14. The molecule has 0 aromatic heterocycles. The lowest BCUT2D eigenvalue weighted by Gasteiger charge is -2.27. The van der Waals surface area contributed by atoms with Crippen LogP contribution in [0.3, 0.4) is 0 Å². The lowest BCUT2D eigenvalue weighted by Crippen LogP contribution is -2.41. The first-order valence-electron chi connectivity index (χ1n) is 4.68. The Balaban J connectivity index is 4.36. The monoisotopic (exact) mass is 210 g/mol. The molecule has 0 heterocycles. The summed E-state index contributed by atoms with van der Waals surface area (Å²) in [6.07, 6.45) is -3.61. The number of hydrogen-bond donors (Lipinski definition) is 1. The van der Waals surface area contributed by atoms with Crippen LogP contribution in [0.2, 0.25) is 0 Å². The quantitative estimate of drug-likeness (QED) is 0.560. The van der Waals surface area contributed by atoms with Crippen molar-refractivity contribution < 1.29 is 13.2 Å². The molecule has 0 bridgehead atoms. The molecule has 0 aliphatic heterocycles. The molecule has 0 aromatic rings. The fourth-order valence-electron chi connectivity index (χ4n) is 1.14. The van der Waals surface area contributed by atoms with Gasteiger partial charge in [0.25, 0.3) is 0 Å². The van der Waals surface area contributed by atoms with Gasteiger partial charge in [-0.3, -0.25) is 5.41 Å². The zero-order valence-corrected chi connectivity index (χ0v) is 8.78. The van der Waals surface area contributed by atoms with Crippen LogP contribution in [0, 0.1) is 11.3 Å². The van der Waals surface area contributed by atoms with Gasteiger partial charge < -0.3 is 4.90 Å².